The van der Waals surface area contributed by atoms with Gasteiger partial charge < -0.3 is 35.0 Å². The van der Waals surface area contributed by atoms with E-state index in [2.05, 4.69) is 25.7 Å². The van der Waals surface area contributed by atoms with Crippen LogP contribution < -0.4 is 0 Å². The highest BCUT2D eigenvalue weighted by Crippen LogP contribution is 2.66. The summed E-state index contributed by atoms with van der Waals surface area (Å²) in [4.78, 5) is 16.5. The van der Waals surface area contributed by atoms with Crippen LogP contribution in [0.4, 0.5) is 0 Å². The molecule has 0 aromatic carbocycles. The molecule has 0 radical (unpaired) electrons. The Morgan fingerprint density at radius 1 is 0.905 bits per heavy atom. The number of aliphatic hydroxyl groups is 5. The molecule has 4 saturated carbocycles. The van der Waals surface area contributed by atoms with Crippen LogP contribution in [0.25, 0.3) is 0 Å². The maximum Gasteiger partial charge on any atom is 0.186 e. The Hall–Kier alpha value is -0.650. The van der Waals surface area contributed by atoms with Crippen LogP contribution in [0, 0.1) is 52.8 Å². The quantitative estimate of drug-likeness (QED) is 0.310. The van der Waals surface area contributed by atoms with Gasteiger partial charge in [-0.25, -0.2) is 0 Å². The van der Waals surface area contributed by atoms with Crippen molar-refractivity contribution in [2.45, 2.75) is 127 Å². The predicted molar refractivity (Wildman–Crippen MR) is 153 cm³/mol. The van der Waals surface area contributed by atoms with E-state index in [4.69, 9.17) is 9.47 Å². The number of carbonyl (C=O) groups excluding carboxylic acids is 1. The molecule has 9 heteroatoms. The van der Waals surface area contributed by atoms with Gasteiger partial charge in [0.15, 0.2) is 6.29 Å². The smallest absolute Gasteiger partial charge is 0.186 e. The number of ketones is 1. The third kappa shape index (κ3) is 4.50. The minimum Gasteiger partial charge on any atom is -0.394 e. The molecule has 7 rings (SSSR count). The Morgan fingerprint density at radius 3 is 2.45 bits per heavy atom. The lowest BCUT2D eigenvalue weighted by molar-refractivity contribution is -0.315. The lowest BCUT2D eigenvalue weighted by Gasteiger charge is -2.59. The molecule has 5 N–H and O–H groups in total. The first kappa shape index (κ1) is 30.0. The van der Waals surface area contributed by atoms with Crippen molar-refractivity contribution in [3.8, 4) is 0 Å². The van der Waals surface area contributed by atoms with E-state index in [0.29, 0.717) is 60.1 Å². The molecular formula is C33H53NO8. The van der Waals surface area contributed by atoms with Crippen LogP contribution in [0.15, 0.2) is 0 Å². The zero-order valence-electron chi connectivity index (χ0n) is 25.6. The van der Waals surface area contributed by atoms with E-state index in [1.54, 1.807) is 0 Å². The average Bonchev–Trinajstić information content (AvgIpc) is 3.33. The summed E-state index contributed by atoms with van der Waals surface area (Å²) in [5.74, 6) is 3.79. The molecule has 0 aromatic rings. The molecule has 17 atom stereocenters. The zero-order valence-corrected chi connectivity index (χ0v) is 25.6. The van der Waals surface area contributed by atoms with E-state index in [0.717, 1.165) is 51.6 Å². The van der Waals surface area contributed by atoms with Crippen LogP contribution in [0.2, 0.25) is 0 Å². The summed E-state index contributed by atoms with van der Waals surface area (Å²) >= 11 is 0. The number of piperidine rings is 2. The van der Waals surface area contributed by atoms with Crippen molar-refractivity contribution < 1.29 is 39.8 Å². The second-order valence-corrected chi connectivity index (χ2v) is 16.0. The van der Waals surface area contributed by atoms with Gasteiger partial charge in [-0.15, -0.1) is 0 Å². The number of Topliss-reactive ketones (excluding diaryl/α,β-unsaturated/α-hetero) is 1. The zero-order chi connectivity index (χ0) is 29.7. The highest BCUT2D eigenvalue weighted by molar-refractivity contribution is 5.83. The molecule has 9 nitrogen and oxygen atoms in total. The van der Waals surface area contributed by atoms with E-state index in [-0.39, 0.29) is 23.5 Å². The van der Waals surface area contributed by atoms with Crippen LogP contribution in [0.1, 0.15) is 78.6 Å². The molecule has 3 saturated heterocycles. The van der Waals surface area contributed by atoms with Gasteiger partial charge in [-0.3, -0.25) is 9.69 Å². The van der Waals surface area contributed by atoms with Gasteiger partial charge >= 0.3 is 0 Å². The summed E-state index contributed by atoms with van der Waals surface area (Å²) in [7, 11) is 0. The van der Waals surface area contributed by atoms with E-state index in [1.807, 2.05) is 0 Å². The van der Waals surface area contributed by atoms with Gasteiger partial charge in [0.2, 0.25) is 0 Å². The molecule has 0 bridgehead atoms. The Balaban J connectivity index is 1.07. The number of aliphatic hydroxyl groups excluding tert-OH is 4. The van der Waals surface area contributed by atoms with Crippen molar-refractivity contribution in [3.05, 3.63) is 0 Å². The van der Waals surface area contributed by atoms with Crippen LogP contribution in [-0.2, 0) is 14.3 Å². The van der Waals surface area contributed by atoms with Crippen molar-refractivity contribution in [2.24, 2.45) is 52.8 Å². The fraction of sp³-hybridized carbons (Fsp3) is 0.970. The van der Waals surface area contributed by atoms with Gasteiger partial charge in [0.25, 0.3) is 0 Å². The van der Waals surface area contributed by atoms with Crippen LogP contribution in [0.3, 0.4) is 0 Å². The highest BCUT2D eigenvalue weighted by Gasteiger charge is 2.64. The molecule has 0 unspecified atom stereocenters. The molecule has 4 aliphatic carbocycles. The first-order chi connectivity index (χ1) is 19.9. The Bertz CT molecular complexity index is 1040. The van der Waals surface area contributed by atoms with E-state index in [1.165, 1.54) is 6.42 Å². The van der Waals surface area contributed by atoms with Crippen molar-refractivity contribution in [3.63, 3.8) is 0 Å². The Kier molecular flexibility index (Phi) is 7.66. The van der Waals surface area contributed by atoms with Crippen molar-refractivity contribution in [1.29, 1.82) is 0 Å². The molecule has 0 spiro atoms. The van der Waals surface area contributed by atoms with Crippen LogP contribution >= 0.6 is 0 Å². The van der Waals surface area contributed by atoms with Crippen LogP contribution in [-0.4, -0.2) is 104 Å². The van der Waals surface area contributed by atoms with E-state index < -0.39 is 42.9 Å². The summed E-state index contributed by atoms with van der Waals surface area (Å²) < 4.78 is 11.8. The predicted octanol–water partition coefficient (Wildman–Crippen LogP) is 1.71. The summed E-state index contributed by atoms with van der Waals surface area (Å²) in [6, 6.07) is 0.276. The molecule has 3 aliphatic heterocycles. The Morgan fingerprint density at radius 2 is 1.69 bits per heavy atom. The van der Waals surface area contributed by atoms with Gasteiger partial charge in [0.05, 0.1) is 18.3 Å². The average molecular weight is 592 g/mol. The number of rotatable bonds is 3. The topological polar surface area (TPSA) is 140 Å². The first-order valence-electron chi connectivity index (χ1n) is 16.9. The monoisotopic (exact) mass is 591 g/mol. The molecule has 0 aromatic heterocycles. The molecule has 0 amide bonds. The van der Waals surface area contributed by atoms with Crippen molar-refractivity contribution in [1.82, 2.24) is 4.90 Å². The number of fused-ring (bicyclic) bond motifs is 8. The largest absolute Gasteiger partial charge is 0.394 e. The van der Waals surface area contributed by atoms with E-state index >= 15 is 0 Å². The van der Waals surface area contributed by atoms with Gasteiger partial charge in [-0.05, 0) is 105 Å². The van der Waals surface area contributed by atoms with E-state index in [9.17, 15) is 30.3 Å². The Labute approximate surface area is 249 Å². The SMILES string of the molecule is C[C@H]1CC[C@@H]2N(C1)C[C@@H]1[C@@H]3C[C@H]4[C@H](CC(=O)[C@H]5C[C@@H](O[C@H]6O[C@H](CO)[C@@H](O)[C@H](O)[C@H]6O)CC[C@@]54C)[C@@H]3CC[C@H]1[C@]2(C)O. The molecule has 7 fully saturated rings. The minimum atomic E-state index is -1.47. The fourth-order valence-corrected chi connectivity index (χ4v) is 11.8. The van der Waals surface area contributed by atoms with Gasteiger partial charge in [-0.2, -0.15) is 0 Å². The number of nitrogens with zero attached hydrogens (tertiary/aromatic N) is 1. The van der Waals surface area contributed by atoms with Gasteiger partial charge in [0, 0.05) is 31.5 Å². The lowest BCUT2D eigenvalue weighted by atomic mass is 9.51. The molecular weight excluding hydrogens is 538 g/mol. The summed E-state index contributed by atoms with van der Waals surface area (Å²) in [5, 5.41) is 52.4. The third-order valence-electron chi connectivity index (χ3n) is 14.0. The molecule has 238 valence electrons. The standard InChI is InChI=1S/C33H53NO8/c1-16-4-7-27-33(3,40)22-6-5-18-19(21(22)14-34(27)13-16)11-23-20(18)12-25(36)24-10-17(8-9-32(23,24)2)41-31-30(39)29(38)28(37)26(15-35)42-31/h16-24,26-31,35,37-40H,4-15H2,1-3H3/t16-,17-,18+,19+,20+,21+,22+,23-,24+,26+,27-,28+,29-,30+,31-,32+,33-/m0/s1. The normalized spacial score (nSPS) is 57.9. The molecule has 42 heavy (non-hydrogen) atoms. The lowest BCUT2D eigenvalue weighted by Crippen LogP contribution is -2.67. The third-order valence-corrected chi connectivity index (χ3v) is 14.0. The maximum atomic E-state index is 13.9. The fourth-order valence-electron chi connectivity index (χ4n) is 11.8. The minimum absolute atomic E-state index is 0.0958. The molecule has 7 aliphatic rings. The number of ether oxygens (including phenoxy) is 2. The second kappa shape index (κ2) is 10.7. The summed E-state index contributed by atoms with van der Waals surface area (Å²) in [6.07, 6.45) is 1.67. The van der Waals surface area contributed by atoms with Crippen molar-refractivity contribution in [2.75, 3.05) is 19.7 Å². The number of hydrogen-bond donors (Lipinski definition) is 5. The van der Waals surface area contributed by atoms with Gasteiger partial charge in [0.1, 0.15) is 30.2 Å². The summed E-state index contributed by atoms with van der Waals surface area (Å²) in [5.41, 5.74) is -0.745. The van der Waals surface area contributed by atoms with Crippen molar-refractivity contribution >= 4 is 5.78 Å². The first-order valence-corrected chi connectivity index (χ1v) is 16.9. The van der Waals surface area contributed by atoms with Gasteiger partial charge in [-0.1, -0.05) is 13.8 Å². The second-order valence-electron chi connectivity index (χ2n) is 16.0. The maximum absolute atomic E-state index is 13.9. The number of carbonyl (C=O) groups is 1. The number of hydrogen-bond acceptors (Lipinski definition) is 9. The summed E-state index contributed by atoms with van der Waals surface area (Å²) in [6.45, 7) is 8.49. The highest BCUT2D eigenvalue weighted by atomic mass is 16.7. The molecule has 3 heterocycles. The van der Waals surface area contributed by atoms with Crippen LogP contribution in [0.5, 0.6) is 0 Å².